The van der Waals surface area contributed by atoms with Gasteiger partial charge in [0.15, 0.2) is 0 Å². The van der Waals surface area contributed by atoms with Gasteiger partial charge in [0.25, 0.3) is 5.91 Å². The zero-order valence-electron chi connectivity index (χ0n) is 27.9. The smallest absolute Gasteiger partial charge is 0.408 e. The summed E-state index contributed by atoms with van der Waals surface area (Å²) in [4.78, 5) is 43.3. The predicted molar refractivity (Wildman–Crippen MR) is 181 cm³/mol. The van der Waals surface area contributed by atoms with E-state index in [2.05, 4.69) is 17.6 Å². The highest BCUT2D eigenvalue weighted by Crippen LogP contribution is 2.30. The second-order valence-corrected chi connectivity index (χ2v) is 13.5. The number of aryl methyl sites for hydroxylation is 3. The van der Waals surface area contributed by atoms with E-state index in [1.807, 2.05) is 38.3 Å². The van der Waals surface area contributed by atoms with Gasteiger partial charge in [0.05, 0.1) is 0 Å². The number of unbranched alkanes of at least 4 members (excludes halogenated alkanes) is 5. The highest BCUT2D eigenvalue weighted by atomic mass is 32.2. The van der Waals surface area contributed by atoms with Gasteiger partial charge in [-0.2, -0.15) is 11.8 Å². The van der Waals surface area contributed by atoms with Crippen LogP contribution in [0.3, 0.4) is 0 Å². The molecule has 0 heterocycles. The highest BCUT2D eigenvalue weighted by molar-refractivity contribution is 7.98. The van der Waals surface area contributed by atoms with Gasteiger partial charge < -0.3 is 25.4 Å². The lowest BCUT2D eigenvalue weighted by atomic mass is 9.98. The van der Waals surface area contributed by atoms with Gasteiger partial charge in [-0.1, -0.05) is 63.3 Å². The molecule has 9 heteroatoms. The molecule has 2 unspecified atom stereocenters. The van der Waals surface area contributed by atoms with Gasteiger partial charge >= 0.3 is 6.09 Å². The van der Waals surface area contributed by atoms with Crippen molar-refractivity contribution < 1.29 is 24.2 Å². The number of carbonyl (C=O) groups is 3. The largest absolute Gasteiger partial charge is 0.508 e. The van der Waals surface area contributed by atoms with E-state index in [1.165, 1.54) is 0 Å². The Hall–Kier alpha value is -3.20. The molecule has 2 aromatic rings. The Bertz CT molecular complexity index is 1220. The third-order valence-corrected chi connectivity index (χ3v) is 8.11. The number of benzene rings is 2. The molecule has 0 radical (unpaired) electrons. The number of para-hydroxylation sites is 1. The van der Waals surface area contributed by atoms with Crippen molar-refractivity contribution in [1.82, 2.24) is 10.2 Å². The number of rotatable bonds is 16. The molecule has 244 valence electrons. The van der Waals surface area contributed by atoms with Crippen molar-refractivity contribution >= 4 is 35.4 Å². The highest BCUT2D eigenvalue weighted by Gasteiger charge is 2.36. The van der Waals surface area contributed by atoms with Crippen LogP contribution in [0.4, 0.5) is 10.5 Å². The molecule has 0 aliphatic heterocycles. The second kappa shape index (κ2) is 17.9. The van der Waals surface area contributed by atoms with E-state index in [9.17, 15) is 19.5 Å². The number of phenolic OH excluding ortho intramolecular Hbond substituents is 1. The summed E-state index contributed by atoms with van der Waals surface area (Å²) in [7, 11) is 0. The van der Waals surface area contributed by atoms with Gasteiger partial charge in [-0.25, -0.2) is 4.79 Å². The predicted octanol–water partition coefficient (Wildman–Crippen LogP) is 7.83. The van der Waals surface area contributed by atoms with Crippen LogP contribution < -0.4 is 10.6 Å². The number of nitrogens with zero attached hydrogens (tertiary/aromatic N) is 1. The number of ether oxygens (including phenoxy) is 1. The first-order valence-corrected chi connectivity index (χ1v) is 17.1. The fourth-order valence-corrected chi connectivity index (χ4v) is 5.57. The summed E-state index contributed by atoms with van der Waals surface area (Å²) in [5.41, 5.74) is 2.99. The summed E-state index contributed by atoms with van der Waals surface area (Å²) in [6.07, 6.45) is 7.74. The van der Waals surface area contributed by atoms with Gasteiger partial charge in [-0.3, -0.25) is 9.59 Å². The first kappa shape index (κ1) is 37.0. The van der Waals surface area contributed by atoms with Gasteiger partial charge in [0.2, 0.25) is 5.91 Å². The number of aromatic hydroxyl groups is 1. The summed E-state index contributed by atoms with van der Waals surface area (Å²) < 4.78 is 5.51. The lowest BCUT2D eigenvalue weighted by molar-refractivity contribution is -0.141. The van der Waals surface area contributed by atoms with Gasteiger partial charge in [0.1, 0.15) is 23.4 Å². The van der Waals surface area contributed by atoms with Crippen LogP contribution >= 0.6 is 11.8 Å². The van der Waals surface area contributed by atoms with Crippen LogP contribution in [-0.4, -0.2) is 58.1 Å². The van der Waals surface area contributed by atoms with E-state index in [4.69, 9.17) is 4.74 Å². The number of nitrogens with one attached hydrogen (secondary N) is 2. The third kappa shape index (κ3) is 11.7. The summed E-state index contributed by atoms with van der Waals surface area (Å²) in [6, 6.07) is 8.94. The van der Waals surface area contributed by atoms with Crippen LogP contribution in [0.5, 0.6) is 5.75 Å². The molecule has 2 rings (SSSR count). The Morgan fingerprint density at radius 3 is 2.18 bits per heavy atom. The first-order valence-electron chi connectivity index (χ1n) is 15.7. The van der Waals surface area contributed by atoms with Crippen molar-refractivity contribution in [3.63, 3.8) is 0 Å². The fourth-order valence-electron chi connectivity index (χ4n) is 5.10. The number of carbonyl (C=O) groups excluding carboxylic acids is 3. The molecule has 44 heavy (non-hydrogen) atoms. The first-order chi connectivity index (χ1) is 20.8. The van der Waals surface area contributed by atoms with Crippen LogP contribution in [-0.2, 0) is 14.3 Å². The molecule has 2 atom stereocenters. The zero-order valence-corrected chi connectivity index (χ0v) is 28.7. The molecule has 2 aromatic carbocycles. The van der Waals surface area contributed by atoms with E-state index < -0.39 is 23.8 Å². The van der Waals surface area contributed by atoms with Crippen molar-refractivity contribution in [3.05, 3.63) is 58.7 Å². The van der Waals surface area contributed by atoms with Gasteiger partial charge in [0, 0.05) is 12.2 Å². The minimum atomic E-state index is -0.992. The van der Waals surface area contributed by atoms with Crippen molar-refractivity contribution in [2.24, 2.45) is 0 Å². The number of hydrogen-bond donors (Lipinski definition) is 3. The van der Waals surface area contributed by atoms with Crippen LogP contribution in [0, 0.1) is 20.8 Å². The van der Waals surface area contributed by atoms with E-state index in [0.717, 1.165) is 43.2 Å². The molecule has 0 saturated carbocycles. The maximum atomic E-state index is 14.5. The molecule has 3 N–H and O–H groups in total. The van der Waals surface area contributed by atoms with Crippen molar-refractivity contribution in [1.29, 1.82) is 0 Å². The van der Waals surface area contributed by atoms with Gasteiger partial charge in [-0.15, -0.1) is 0 Å². The van der Waals surface area contributed by atoms with Crippen LogP contribution in [0.25, 0.3) is 0 Å². The summed E-state index contributed by atoms with van der Waals surface area (Å²) >= 11 is 1.58. The molecular formula is C35H53N3O5S. The maximum Gasteiger partial charge on any atom is 0.408 e. The molecule has 0 spiro atoms. The standard InChI is InChI=1S/C35H53N3O5S/c1-9-10-11-12-13-14-21-38(33(41)28(20-22-44-8)36-34(42)43-35(5,6)7)31(27-18-19-29(39)26(4)23-27)32(40)37-30-24(2)16-15-17-25(30)3/h15-19,23,28,31,39H,9-14,20-22H2,1-8H3,(H,36,42)(H,37,40). The summed E-state index contributed by atoms with van der Waals surface area (Å²) in [5.74, 6) is 0.0497. The Kier molecular flexibility index (Phi) is 15.1. The quantitative estimate of drug-likeness (QED) is 0.164. The van der Waals surface area contributed by atoms with Crippen molar-refractivity contribution in [3.8, 4) is 5.75 Å². The Labute approximate surface area is 268 Å². The third-order valence-electron chi connectivity index (χ3n) is 7.46. The van der Waals surface area contributed by atoms with E-state index in [0.29, 0.717) is 42.0 Å². The maximum absolute atomic E-state index is 14.5. The Balaban J connectivity index is 2.58. The van der Waals surface area contributed by atoms with E-state index in [-0.39, 0.29) is 17.6 Å². The molecule has 0 aromatic heterocycles. The molecule has 3 amide bonds. The molecular weight excluding hydrogens is 574 g/mol. The number of phenols is 1. The zero-order chi connectivity index (χ0) is 32.9. The Morgan fingerprint density at radius 1 is 0.955 bits per heavy atom. The minimum Gasteiger partial charge on any atom is -0.508 e. The average Bonchev–Trinajstić information content (AvgIpc) is 2.94. The average molecular weight is 628 g/mol. The molecule has 0 bridgehead atoms. The normalized spacial score (nSPS) is 12.7. The summed E-state index contributed by atoms with van der Waals surface area (Å²) in [6.45, 7) is 13.5. The molecule has 0 aliphatic rings. The monoisotopic (exact) mass is 627 g/mol. The molecule has 0 fully saturated rings. The van der Waals surface area contributed by atoms with Crippen molar-refractivity contribution in [2.45, 2.75) is 111 Å². The SMILES string of the molecule is CCCCCCCCN(C(=O)C(CCSC)NC(=O)OC(C)(C)C)C(C(=O)Nc1c(C)cccc1C)c1ccc(O)c(C)c1. The molecule has 8 nitrogen and oxygen atoms in total. The number of amides is 3. The number of thioether (sulfide) groups is 1. The molecule has 0 aliphatic carbocycles. The van der Waals surface area contributed by atoms with Crippen LogP contribution in [0.15, 0.2) is 36.4 Å². The number of alkyl carbamates (subject to hydrolysis) is 1. The Morgan fingerprint density at radius 2 is 1.59 bits per heavy atom. The van der Waals surface area contributed by atoms with Crippen molar-refractivity contribution in [2.75, 3.05) is 23.9 Å². The number of hydrogen-bond acceptors (Lipinski definition) is 6. The minimum absolute atomic E-state index is 0.112. The van der Waals surface area contributed by atoms with E-state index >= 15 is 0 Å². The van der Waals surface area contributed by atoms with Crippen LogP contribution in [0.2, 0.25) is 0 Å². The lowest BCUT2D eigenvalue weighted by Crippen LogP contribution is -2.53. The van der Waals surface area contributed by atoms with E-state index in [1.54, 1.807) is 62.6 Å². The van der Waals surface area contributed by atoms with Crippen LogP contribution in [0.1, 0.15) is 101 Å². The number of anilines is 1. The summed E-state index contributed by atoms with van der Waals surface area (Å²) in [5, 5.41) is 16.2. The van der Waals surface area contributed by atoms with Gasteiger partial charge in [-0.05, 0) is 101 Å². The lowest BCUT2D eigenvalue weighted by Gasteiger charge is -2.35. The fraction of sp³-hybridized carbons (Fsp3) is 0.571. The second-order valence-electron chi connectivity index (χ2n) is 12.5. The molecule has 0 saturated heterocycles. The topological polar surface area (TPSA) is 108 Å².